The van der Waals surface area contributed by atoms with E-state index >= 15 is 0 Å². The molecular formula is C11H14F2O. The van der Waals surface area contributed by atoms with E-state index in [1.807, 2.05) is 6.92 Å². The van der Waals surface area contributed by atoms with Crippen molar-refractivity contribution in [3.63, 3.8) is 0 Å². The molecule has 0 aliphatic rings. The third kappa shape index (κ3) is 2.77. The summed E-state index contributed by atoms with van der Waals surface area (Å²) in [6.45, 7) is 1.90. The van der Waals surface area contributed by atoms with Crippen LogP contribution in [0.1, 0.15) is 18.9 Å². The van der Waals surface area contributed by atoms with Gasteiger partial charge in [0.2, 0.25) is 0 Å². The van der Waals surface area contributed by atoms with E-state index in [4.69, 9.17) is 5.11 Å². The molecule has 0 radical (unpaired) electrons. The first-order valence-corrected chi connectivity index (χ1v) is 4.69. The van der Waals surface area contributed by atoms with Crippen LogP contribution in [0, 0.1) is 17.6 Å². The number of rotatable bonds is 4. The predicted molar refractivity (Wildman–Crippen MR) is 50.9 cm³/mol. The van der Waals surface area contributed by atoms with Crippen molar-refractivity contribution in [2.24, 2.45) is 5.92 Å². The van der Waals surface area contributed by atoms with Crippen molar-refractivity contribution in [2.75, 3.05) is 6.61 Å². The van der Waals surface area contributed by atoms with Gasteiger partial charge in [-0.1, -0.05) is 13.0 Å². The lowest BCUT2D eigenvalue weighted by molar-refractivity contribution is 0.230. The number of hydrogen-bond acceptors (Lipinski definition) is 1. The Hall–Kier alpha value is -0.960. The molecule has 78 valence electrons. The molecule has 0 spiro atoms. The first-order valence-electron chi connectivity index (χ1n) is 4.69. The van der Waals surface area contributed by atoms with Crippen molar-refractivity contribution in [2.45, 2.75) is 19.8 Å². The van der Waals surface area contributed by atoms with Crippen LogP contribution in [0.2, 0.25) is 0 Å². The normalized spacial score (nSPS) is 12.9. The fourth-order valence-electron chi connectivity index (χ4n) is 1.25. The molecule has 1 N–H and O–H groups in total. The van der Waals surface area contributed by atoms with Crippen LogP contribution in [0.3, 0.4) is 0 Å². The first kappa shape index (κ1) is 11.1. The van der Waals surface area contributed by atoms with Gasteiger partial charge in [-0.3, -0.25) is 0 Å². The molecule has 0 aliphatic carbocycles. The van der Waals surface area contributed by atoms with E-state index in [0.29, 0.717) is 12.8 Å². The van der Waals surface area contributed by atoms with E-state index in [9.17, 15) is 8.78 Å². The van der Waals surface area contributed by atoms with Gasteiger partial charge in [-0.05, 0) is 30.9 Å². The average Bonchev–Trinajstić information content (AvgIpc) is 2.16. The highest BCUT2D eigenvalue weighted by Crippen LogP contribution is 2.16. The van der Waals surface area contributed by atoms with Crippen LogP contribution < -0.4 is 0 Å². The van der Waals surface area contributed by atoms with Gasteiger partial charge in [0, 0.05) is 12.2 Å². The van der Waals surface area contributed by atoms with Gasteiger partial charge in [-0.2, -0.15) is 0 Å². The topological polar surface area (TPSA) is 20.2 Å². The molecule has 1 aromatic rings. The van der Waals surface area contributed by atoms with E-state index < -0.39 is 11.6 Å². The summed E-state index contributed by atoms with van der Waals surface area (Å²) in [5, 5.41) is 8.76. The minimum atomic E-state index is -0.505. The molecule has 0 saturated carbocycles. The van der Waals surface area contributed by atoms with Crippen molar-refractivity contribution in [1.29, 1.82) is 0 Å². The minimum absolute atomic E-state index is 0.0517. The standard InChI is InChI=1S/C11H14F2O/c1-8(7-14)5-6-9-10(12)3-2-4-11(9)13/h2-4,8,14H,5-7H2,1H3. The minimum Gasteiger partial charge on any atom is -0.396 e. The van der Waals surface area contributed by atoms with Crippen LogP contribution in [0.15, 0.2) is 18.2 Å². The maximum atomic E-state index is 13.1. The fraction of sp³-hybridized carbons (Fsp3) is 0.455. The summed E-state index contributed by atoms with van der Waals surface area (Å²) in [4.78, 5) is 0. The molecule has 14 heavy (non-hydrogen) atoms. The van der Waals surface area contributed by atoms with Gasteiger partial charge in [0.15, 0.2) is 0 Å². The van der Waals surface area contributed by atoms with E-state index in [-0.39, 0.29) is 18.1 Å². The number of aliphatic hydroxyl groups is 1. The molecule has 1 nitrogen and oxygen atoms in total. The van der Waals surface area contributed by atoms with Crippen LogP contribution in [-0.2, 0) is 6.42 Å². The molecule has 0 amide bonds. The molecule has 1 unspecified atom stereocenters. The second-order valence-corrected chi connectivity index (χ2v) is 3.53. The zero-order valence-electron chi connectivity index (χ0n) is 8.13. The van der Waals surface area contributed by atoms with Gasteiger partial charge in [-0.15, -0.1) is 0 Å². The third-order valence-corrected chi connectivity index (χ3v) is 2.26. The van der Waals surface area contributed by atoms with E-state index in [0.717, 1.165) is 0 Å². The smallest absolute Gasteiger partial charge is 0.129 e. The molecule has 1 atom stereocenters. The Morgan fingerprint density at radius 1 is 1.29 bits per heavy atom. The summed E-state index contributed by atoms with van der Waals surface area (Å²) < 4.78 is 26.2. The van der Waals surface area contributed by atoms with Crippen molar-refractivity contribution >= 4 is 0 Å². The monoisotopic (exact) mass is 200 g/mol. The lowest BCUT2D eigenvalue weighted by Gasteiger charge is -2.08. The molecular weight excluding hydrogens is 186 g/mol. The van der Waals surface area contributed by atoms with Crippen LogP contribution in [0.4, 0.5) is 8.78 Å². The average molecular weight is 200 g/mol. The summed E-state index contributed by atoms with van der Waals surface area (Å²) >= 11 is 0. The first-order chi connectivity index (χ1) is 6.65. The predicted octanol–water partition coefficient (Wildman–Crippen LogP) is 2.53. The highest BCUT2D eigenvalue weighted by molar-refractivity contribution is 5.19. The van der Waals surface area contributed by atoms with Crippen LogP contribution in [0.25, 0.3) is 0 Å². The zero-order chi connectivity index (χ0) is 10.6. The lowest BCUT2D eigenvalue weighted by atomic mass is 10.0. The van der Waals surface area contributed by atoms with Crippen LogP contribution in [-0.4, -0.2) is 11.7 Å². The van der Waals surface area contributed by atoms with Gasteiger partial charge in [0.05, 0.1) is 0 Å². The van der Waals surface area contributed by atoms with Crippen molar-refractivity contribution in [3.8, 4) is 0 Å². The Morgan fingerprint density at radius 2 is 1.86 bits per heavy atom. The second kappa shape index (κ2) is 5.05. The largest absolute Gasteiger partial charge is 0.396 e. The molecule has 0 aromatic heterocycles. The van der Waals surface area contributed by atoms with Gasteiger partial charge in [-0.25, -0.2) is 8.78 Å². The fourth-order valence-corrected chi connectivity index (χ4v) is 1.25. The van der Waals surface area contributed by atoms with Crippen LogP contribution >= 0.6 is 0 Å². The summed E-state index contributed by atoms with van der Waals surface area (Å²) in [7, 11) is 0. The Kier molecular flexibility index (Phi) is 4.01. The quantitative estimate of drug-likeness (QED) is 0.791. The molecule has 0 saturated heterocycles. The van der Waals surface area contributed by atoms with Crippen molar-refractivity contribution < 1.29 is 13.9 Å². The third-order valence-electron chi connectivity index (χ3n) is 2.26. The van der Waals surface area contributed by atoms with Gasteiger partial charge >= 0.3 is 0 Å². The molecule has 0 bridgehead atoms. The van der Waals surface area contributed by atoms with Gasteiger partial charge in [0.1, 0.15) is 11.6 Å². The SMILES string of the molecule is CC(CO)CCc1c(F)cccc1F. The van der Waals surface area contributed by atoms with Crippen LogP contribution in [0.5, 0.6) is 0 Å². The number of aliphatic hydroxyl groups excluding tert-OH is 1. The Labute approximate surface area is 82.4 Å². The molecule has 1 aromatic carbocycles. The number of hydrogen-bond donors (Lipinski definition) is 1. The maximum absolute atomic E-state index is 13.1. The Balaban J connectivity index is 2.66. The molecule has 1 rings (SSSR count). The van der Waals surface area contributed by atoms with Gasteiger partial charge in [0.25, 0.3) is 0 Å². The summed E-state index contributed by atoms with van der Waals surface area (Å²) in [6, 6.07) is 3.85. The summed E-state index contributed by atoms with van der Waals surface area (Å²) in [5.41, 5.74) is 0.118. The maximum Gasteiger partial charge on any atom is 0.129 e. The zero-order valence-corrected chi connectivity index (χ0v) is 8.13. The number of halogens is 2. The van der Waals surface area contributed by atoms with E-state index in [2.05, 4.69) is 0 Å². The lowest BCUT2D eigenvalue weighted by Crippen LogP contribution is -2.04. The Morgan fingerprint density at radius 3 is 2.36 bits per heavy atom. The number of benzene rings is 1. The summed E-state index contributed by atoms with van der Waals surface area (Å²) in [5.74, 6) is -0.931. The summed E-state index contributed by atoms with van der Waals surface area (Å²) in [6.07, 6.45) is 0.925. The molecule has 0 aliphatic heterocycles. The van der Waals surface area contributed by atoms with Crippen molar-refractivity contribution in [1.82, 2.24) is 0 Å². The molecule has 3 heteroatoms. The second-order valence-electron chi connectivity index (χ2n) is 3.53. The Bertz CT molecular complexity index is 279. The van der Waals surface area contributed by atoms with Gasteiger partial charge < -0.3 is 5.11 Å². The van der Waals surface area contributed by atoms with E-state index in [1.165, 1.54) is 18.2 Å². The molecule has 0 fully saturated rings. The highest BCUT2D eigenvalue weighted by Gasteiger charge is 2.09. The van der Waals surface area contributed by atoms with Crippen molar-refractivity contribution in [3.05, 3.63) is 35.4 Å². The highest BCUT2D eigenvalue weighted by atomic mass is 19.1. The van der Waals surface area contributed by atoms with E-state index in [1.54, 1.807) is 0 Å². The molecule has 0 heterocycles.